The molecule has 0 aliphatic carbocycles. The molecule has 1 aromatic carbocycles. The maximum absolute atomic E-state index is 12.4. The number of hydrogen-bond acceptors (Lipinski definition) is 3. The van der Waals surface area contributed by atoms with Crippen molar-refractivity contribution in [3.8, 4) is 0 Å². The van der Waals surface area contributed by atoms with Crippen LogP contribution in [0.3, 0.4) is 0 Å². The van der Waals surface area contributed by atoms with Crippen LogP contribution in [0.1, 0.15) is 39.3 Å². The second kappa shape index (κ2) is 7.14. The Morgan fingerprint density at radius 1 is 1.17 bits per heavy atom. The maximum atomic E-state index is 12.4. The lowest BCUT2D eigenvalue weighted by Crippen LogP contribution is -2.24. The van der Waals surface area contributed by atoms with Gasteiger partial charge in [-0.05, 0) is 44.9 Å². The Balaban J connectivity index is 2.90. The Bertz CT molecular complexity index is 793. The number of hydrogen-bond donors (Lipinski definition) is 0. The lowest BCUT2D eigenvalue weighted by molar-refractivity contribution is 0.592. The molecule has 23 heavy (non-hydrogen) atoms. The van der Waals surface area contributed by atoms with Crippen molar-refractivity contribution in [2.24, 2.45) is 0 Å². The number of nitrogens with zero attached hydrogens (tertiary/aromatic N) is 2. The van der Waals surface area contributed by atoms with Crippen molar-refractivity contribution in [2.75, 3.05) is 24.2 Å². The SMILES string of the molecule is CCCCc1c(N(CC)CC)c2cc(Cl)ccc2n1S(C)(=O)=O. The first kappa shape index (κ1) is 18.1. The molecule has 2 rings (SSSR count). The first-order valence-electron chi connectivity index (χ1n) is 8.13. The molecule has 4 nitrogen and oxygen atoms in total. The van der Waals surface area contributed by atoms with Gasteiger partial charge >= 0.3 is 0 Å². The normalized spacial score (nSPS) is 12.0. The predicted molar refractivity (Wildman–Crippen MR) is 99.4 cm³/mol. The van der Waals surface area contributed by atoms with Crippen LogP contribution in [-0.2, 0) is 16.4 Å². The third-order valence-electron chi connectivity index (χ3n) is 4.13. The highest BCUT2D eigenvalue weighted by Gasteiger charge is 2.24. The van der Waals surface area contributed by atoms with Gasteiger partial charge in [0.2, 0.25) is 10.0 Å². The van der Waals surface area contributed by atoms with E-state index in [4.69, 9.17) is 11.6 Å². The highest BCUT2D eigenvalue weighted by Crippen LogP contribution is 2.37. The molecule has 0 radical (unpaired) electrons. The number of aromatic nitrogens is 1. The van der Waals surface area contributed by atoms with Crippen molar-refractivity contribution < 1.29 is 8.42 Å². The average molecular weight is 357 g/mol. The zero-order valence-corrected chi connectivity index (χ0v) is 15.8. The molecule has 0 N–H and O–H groups in total. The predicted octanol–water partition coefficient (Wildman–Crippen LogP) is 4.29. The zero-order valence-electron chi connectivity index (χ0n) is 14.3. The van der Waals surface area contributed by atoms with Crippen LogP contribution >= 0.6 is 11.6 Å². The molecule has 0 saturated carbocycles. The summed E-state index contributed by atoms with van der Waals surface area (Å²) >= 11 is 6.18. The maximum Gasteiger partial charge on any atom is 0.236 e. The van der Waals surface area contributed by atoms with E-state index < -0.39 is 10.0 Å². The van der Waals surface area contributed by atoms with Crippen LogP contribution < -0.4 is 4.90 Å². The average Bonchev–Trinajstić information content (AvgIpc) is 2.80. The monoisotopic (exact) mass is 356 g/mol. The molecular formula is C17H25ClN2O2S. The number of halogens is 1. The molecular weight excluding hydrogens is 332 g/mol. The van der Waals surface area contributed by atoms with Gasteiger partial charge in [-0.1, -0.05) is 24.9 Å². The second-order valence-electron chi connectivity index (χ2n) is 5.76. The van der Waals surface area contributed by atoms with Crippen molar-refractivity contribution in [1.82, 2.24) is 3.97 Å². The summed E-state index contributed by atoms with van der Waals surface area (Å²) in [6.07, 6.45) is 3.97. The minimum atomic E-state index is -3.39. The van der Waals surface area contributed by atoms with Gasteiger partial charge in [-0.2, -0.15) is 0 Å². The molecule has 0 amide bonds. The number of benzene rings is 1. The highest BCUT2D eigenvalue weighted by molar-refractivity contribution is 7.89. The van der Waals surface area contributed by atoms with E-state index >= 15 is 0 Å². The number of rotatable bonds is 7. The summed E-state index contributed by atoms with van der Waals surface area (Å²) in [4.78, 5) is 2.21. The first-order valence-corrected chi connectivity index (χ1v) is 10.4. The molecule has 2 aromatic rings. The standard InChI is InChI=1S/C17H25ClN2O2S/c1-5-8-9-16-17(19(6-2)7-3)14-12-13(18)10-11-15(14)20(16)23(4,21)22/h10-12H,5-9H2,1-4H3. The minimum Gasteiger partial charge on any atom is -0.370 e. The number of fused-ring (bicyclic) bond motifs is 1. The van der Waals surface area contributed by atoms with E-state index in [2.05, 4.69) is 25.7 Å². The van der Waals surface area contributed by atoms with E-state index in [0.29, 0.717) is 10.5 Å². The van der Waals surface area contributed by atoms with E-state index in [9.17, 15) is 8.42 Å². The lowest BCUT2D eigenvalue weighted by Gasteiger charge is -2.23. The zero-order chi connectivity index (χ0) is 17.2. The Kier molecular flexibility index (Phi) is 5.63. The van der Waals surface area contributed by atoms with Gasteiger partial charge in [-0.25, -0.2) is 12.4 Å². The molecule has 0 unspecified atom stereocenters. The Morgan fingerprint density at radius 2 is 1.83 bits per heavy atom. The second-order valence-corrected chi connectivity index (χ2v) is 8.03. The Labute approximate surface area is 144 Å². The van der Waals surface area contributed by atoms with Crippen LogP contribution in [-0.4, -0.2) is 31.7 Å². The lowest BCUT2D eigenvalue weighted by atomic mass is 10.1. The van der Waals surface area contributed by atoms with E-state index in [1.54, 1.807) is 12.1 Å². The van der Waals surface area contributed by atoms with E-state index in [-0.39, 0.29) is 0 Å². The van der Waals surface area contributed by atoms with E-state index in [1.807, 2.05) is 6.07 Å². The number of unbranched alkanes of at least 4 members (excludes halogenated alkanes) is 1. The molecule has 0 spiro atoms. The third kappa shape index (κ3) is 3.50. The fourth-order valence-electron chi connectivity index (χ4n) is 3.11. The minimum absolute atomic E-state index is 0.624. The summed E-state index contributed by atoms with van der Waals surface area (Å²) in [5, 5.41) is 1.54. The molecule has 6 heteroatoms. The summed E-state index contributed by atoms with van der Waals surface area (Å²) in [5.41, 5.74) is 2.59. The molecule has 0 aliphatic rings. The van der Waals surface area contributed by atoms with E-state index in [0.717, 1.165) is 49.1 Å². The highest BCUT2D eigenvalue weighted by atomic mass is 35.5. The van der Waals surface area contributed by atoms with Gasteiger partial charge in [0.25, 0.3) is 0 Å². The van der Waals surface area contributed by atoms with Gasteiger partial charge in [0, 0.05) is 23.5 Å². The summed E-state index contributed by atoms with van der Waals surface area (Å²) in [6, 6.07) is 5.43. The van der Waals surface area contributed by atoms with Gasteiger partial charge < -0.3 is 4.90 Å². The van der Waals surface area contributed by atoms with Crippen LogP contribution in [0.2, 0.25) is 5.02 Å². The summed E-state index contributed by atoms with van der Waals surface area (Å²) in [7, 11) is -3.39. The molecule has 0 bridgehead atoms. The van der Waals surface area contributed by atoms with Crippen LogP contribution in [0.4, 0.5) is 5.69 Å². The van der Waals surface area contributed by atoms with Gasteiger partial charge in [0.05, 0.1) is 23.2 Å². The van der Waals surface area contributed by atoms with Gasteiger partial charge in [0.15, 0.2) is 0 Å². The van der Waals surface area contributed by atoms with Crippen LogP contribution in [0, 0.1) is 0 Å². The summed E-state index contributed by atoms with van der Waals surface area (Å²) in [6.45, 7) is 7.93. The first-order chi connectivity index (χ1) is 10.8. The van der Waals surface area contributed by atoms with Gasteiger partial charge in [-0.15, -0.1) is 0 Å². The topological polar surface area (TPSA) is 42.3 Å². The number of anilines is 1. The summed E-state index contributed by atoms with van der Waals surface area (Å²) < 4.78 is 26.4. The molecule has 128 valence electrons. The molecule has 0 saturated heterocycles. The van der Waals surface area contributed by atoms with E-state index in [1.165, 1.54) is 10.2 Å². The largest absolute Gasteiger partial charge is 0.370 e. The van der Waals surface area contributed by atoms with Crippen LogP contribution in [0.15, 0.2) is 18.2 Å². The van der Waals surface area contributed by atoms with Gasteiger partial charge in [0.1, 0.15) is 0 Å². The van der Waals surface area contributed by atoms with Crippen molar-refractivity contribution in [1.29, 1.82) is 0 Å². The van der Waals surface area contributed by atoms with Crippen LogP contribution in [0.5, 0.6) is 0 Å². The summed E-state index contributed by atoms with van der Waals surface area (Å²) in [5.74, 6) is 0. The third-order valence-corrected chi connectivity index (χ3v) is 5.44. The van der Waals surface area contributed by atoms with Gasteiger partial charge in [-0.3, -0.25) is 0 Å². The van der Waals surface area contributed by atoms with Crippen LogP contribution in [0.25, 0.3) is 10.9 Å². The Morgan fingerprint density at radius 3 is 2.35 bits per heavy atom. The molecule has 1 heterocycles. The fourth-order valence-corrected chi connectivity index (χ4v) is 4.37. The smallest absolute Gasteiger partial charge is 0.236 e. The molecule has 1 aromatic heterocycles. The van der Waals surface area contributed by atoms with Crippen molar-refractivity contribution in [3.63, 3.8) is 0 Å². The molecule has 0 atom stereocenters. The van der Waals surface area contributed by atoms with Crippen molar-refractivity contribution in [2.45, 2.75) is 40.0 Å². The van der Waals surface area contributed by atoms with Crippen molar-refractivity contribution >= 4 is 38.2 Å². The molecule has 0 aliphatic heterocycles. The molecule has 0 fully saturated rings. The van der Waals surface area contributed by atoms with Crippen molar-refractivity contribution in [3.05, 3.63) is 28.9 Å². The quantitative estimate of drug-likeness (QED) is 0.743. The fraction of sp³-hybridized carbons (Fsp3) is 0.529. The Hall–Kier alpha value is -1.20.